The Morgan fingerprint density at radius 2 is 0.537 bits per heavy atom. The summed E-state index contributed by atoms with van der Waals surface area (Å²) in [4.78, 5) is 0. The van der Waals surface area contributed by atoms with Gasteiger partial charge in [0, 0.05) is 44.2 Å². The summed E-state index contributed by atoms with van der Waals surface area (Å²) in [7, 11) is 214. The van der Waals surface area contributed by atoms with Gasteiger partial charge < -0.3 is 9.13 Å². The van der Waals surface area contributed by atoms with E-state index in [0.29, 0.717) is 0 Å². The minimum Gasteiger partial charge on any atom is -0.316 e. The Balaban J connectivity index is 1.50. The zero-order valence-corrected chi connectivity index (χ0v) is 44.0. The predicted octanol–water partition coefficient (Wildman–Crippen LogP) is -18.4. The van der Waals surface area contributed by atoms with Crippen molar-refractivity contribution < 1.29 is 0 Å². The van der Waals surface area contributed by atoms with E-state index in [2.05, 4.69) is 0 Å². The fourth-order valence-electron chi connectivity index (χ4n) is 10.9. The number of benzene rings is 6. The third kappa shape index (κ3) is 9.15. The highest BCUT2D eigenvalue weighted by Crippen LogP contribution is 2.45. The van der Waals surface area contributed by atoms with Crippen molar-refractivity contribution in [2.45, 2.75) is 23.3 Å². The zero-order valence-electron chi connectivity index (χ0n) is 44.0. The lowest BCUT2D eigenvalue weighted by molar-refractivity contribution is 0.893. The molecule has 6 aromatic carbocycles. The van der Waals surface area contributed by atoms with E-state index in [-0.39, 0.29) is 220 Å². The third-order valence-electron chi connectivity index (χ3n) is 15.4. The Labute approximate surface area is 523 Å². The minimum atomic E-state index is -1.37. The Morgan fingerprint density at radius 1 is 0.268 bits per heavy atom. The molecule has 82 heavy (non-hydrogen) atoms. The summed E-state index contributed by atoms with van der Waals surface area (Å²) < 4.78 is 2.78. The summed E-state index contributed by atoms with van der Waals surface area (Å²) >= 11 is 0. The monoisotopic (exact) mass is 964 g/mol. The normalized spacial score (nSPS) is 14.3. The molecule has 8 aromatic rings. The lowest BCUT2D eigenvalue weighted by Crippen LogP contribution is -2.57. The summed E-state index contributed by atoms with van der Waals surface area (Å²) in [6.45, 7) is 0. The molecular formula is C48H8B32N2. The molecule has 0 spiro atoms. The van der Waals surface area contributed by atoms with Crippen molar-refractivity contribution in [1.82, 2.24) is 9.13 Å². The first-order valence-electron chi connectivity index (χ1n) is 24.2. The first-order valence-corrected chi connectivity index (χ1v) is 24.2. The Kier molecular flexibility index (Phi) is 18.2. The van der Waals surface area contributed by atoms with Crippen LogP contribution in [0.25, 0.3) is 77.2 Å². The maximum atomic E-state index is 7.38. The van der Waals surface area contributed by atoms with E-state index in [1.807, 2.05) is 0 Å². The molecule has 34 heteroatoms. The predicted molar refractivity (Wildman–Crippen MR) is 384 cm³/mol. The van der Waals surface area contributed by atoms with Crippen LogP contribution in [0.15, 0.2) is 40.5 Å². The molecule has 0 saturated heterocycles. The van der Waals surface area contributed by atoms with Gasteiger partial charge in [-0.3, -0.25) is 0 Å². The van der Waals surface area contributed by atoms with Crippen LogP contribution in [0.4, 0.5) is 0 Å². The molecule has 306 valence electrons. The van der Waals surface area contributed by atoms with Crippen LogP contribution in [0.5, 0.6) is 0 Å². The lowest BCUT2D eigenvalue weighted by atomic mass is 9.51. The molecule has 2 heterocycles. The highest BCUT2D eigenvalue weighted by molar-refractivity contribution is 6.75. The lowest BCUT2D eigenvalue weighted by Gasteiger charge is -2.34. The van der Waals surface area contributed by atoms with Gasteiger partial charge in [0.15, 0.2) is 0 Å². The van der Waals surface area contributed by atoms with E-state index < -0.39 is 23.3 Å². The number of allylic oxidation sites excluding steroid dienone is 4. The molecule has 2 nitrogen and oxygen atoms in total. The summed E-state index contributed by atoms with van der Waals surface area (Å²) in [5.74, 6) is -0.372. The summed E-state index contributed by atoms with van der Waals surface area (Å²) in [6.07, 6.45) is 0. The largest absolute Gasteiger partial charge is 0.316 e. The minimum absolute atomic E-state index is 0.00411. The number of nitrogens with zero attached hydrogens (tertiary/aromatic N) is 2. The van der Waals surface area contributed by atoms with Gasteiger partial charge in [0.25, 0.3) is 0 Å². The second-order valence-corrected chi connectivity index (χ2v) is 19.5. The van der Waals surface area contributed by atoms with Crippen molar-refractivity contribution in [1.29, 1.82) is 0 Å². The molecule has 4 unspecified atom stereocenters. The fourth-order valence-corrected chi connectivity index (χ4v) is 10.9. The molecule has 0 aliphatic carbocycles. The van der Waals surface area contributed by atoms with Crippen LogP contribution in [-0.4, -0.2) is 260 Å². The average molecular weight is 959 g/mol. The summed E-state index contributed by atoms with van der Waals surface area (Å²) in [5, 5.41) is 0.176. The van der Waals surface area contributed by atoms with E-state index in [1.165, 1.54) is 9.13 Å². The molecule has 0 fully saturated rings. The molecule has 8 rings (SSSR count). The second-order valence-electron chi connectivity index (χ2n) is 19.5. The van der Waals surface area contributed by atoms with E-state index >= 15 is 0 Å². The van der Waals surface area contributed by atoms with E-state index in [4.69, 9.17) is 251 Å². The summed E-state index contributed by atoms with van der Waals surface area (Å²) in [5.41, 5.74) is -4.29. The van der Waals surface area contributed by atoms with Gasteiger partial charge in [-0.2, -0.15) is 0 Å². The highest BCUT2D eigenvalue weighted by Gasteiger charge is 2.33. The van der Waals surface area contributed by atoms with Crippen LogP contribution >= 0.6 is 0 Å². The van der Waals surface area contributed by atoms with Gasteiger partial charge >= 0.3 is 0 Å². The molecule has 0 saturated carbocycles. The SMILES string of the molecule is [B]/C=C(\C(=C/[B])C([B])C([B])/C([B])=C/[B])C([B])C([B])/C(=C/[B])n1c2c([B])c([B])c([B])c([B])c2c2c([B])c(-c3c([B])c([B])c4c(c3[B])c3c([B])c([B])c([B])c([B])c3n4-c3c([B])c([B])c(-c4c([B])c([B])c([B])c([B])c4[B])c([B])c3[B])c([B])c([B])c21. The first kappa shape index (κ1) is 64.0. The van der Waals surface area contributed by atoms with Crippen molar-refractivity contribution >= 4 is 426 Å². The van der Waals surface area contributed by atoms with Gasteiger partial charge in [-0.25, -0.2) is 0 Å². The van der Waals surface area contributed by atoms with E-state index in [0.717, 1.165) is 23.9 Å². The number of aromatic nitrogens is 2. The molecule has 0 aliphatic heterocycles. The van der Waals surface area contributed by atoms with Gasteiger partial charge in [0.2, 0.25) is 0 Å². The standard InChI is InChI=1S/C48H8B32N2/c49-1-5(17(54)19(56)7(53)3-51)6(2-50)18(55)20(57)8(4-52)81-44-13(15-29(66)33(70)36(73)42(79)45(15)81)21(58)9(25(62)38(44)75)10-22(59)14-16-30(67)34(71)37(74)43(80)47(16)82(46(14)39(76)26(10)63)48-40(77)27(64)12(28(65)41(48)78)11-23(60)31(68)35(72)32(69)24(11)61/h1-4,17-20H/b5-1+,6-2+,7-3-,8-4-. The van der Waals surface area contributed by atoms with Crippen molar-refractivity contribution in [2.24, 2.45) is 0 Å². The molecule has 0 amide bonds. The third-order valence-corrected chi connectivity index (χ3v) is 15.4. The van der Waals surface area contributed by atoms with Gasteiger partial charge in [0.05, 0.1) is 31.4 Å². The van der Waals surface area contributed by atoms with Gasteiger partial charge in [-0.1, -0.05) is 116 Å². The number of hydrogen-bond donors (Lipinski definition) is 0. The topological polar surface area (TPSA) is 9.86 Å². The smallest absolute Gasteiger partial charge is 0.115 e. The van der Waals surface area contributed by atoms with Crippen LogP contribution in [0.1, 0.15) is 0 Å². The van der Waals surface area contributed by atoms with Crippen LogP contribution in [0.2, 0.25) is 23.3 Å². The number of hydrogen-bond acceptors (Lipinski definition) is 0. The van der Waals surface area contributed by atoms with Gasteiger partial charge in [-0.15, -0.1) is 67.6 Å². The maximum absolute atomic E-state index is 7.38. The van der Waals surface area contributed by atoms with Crippen LogP contribution in [0, 0.1) is 0 Å². The van der Waals surface area contributed by atoms with Crippen molar-refractivity contribution in [3.63, 3.8) is 0 Å². The van der Waals surface area contributed by atoms with Crippen LogP contribution in [-0.2, 0) is 0 Å². The summed E-state index contributed by atoms with van der Waals surface area (Å²) in [6, 6.07) is 0. The van der Waals surface area contributed by atoms with E-state index in [9.17, 15) is 0 Å². The molecular weight excluding hydrogens is 951 g/mol. The number of fused-ring (bicyclic) bond motifs is 6. The average Bonchev–Trinajstić information content (AvgIpc) is 1.64. The molecule has 2 aromatic heterocycles. The highest BCUT2D eigenvalue weighted by atomic mass is 15.0. The van der Waals surface area contributed by atoms with Crippen molar-refractivity contribution in [2.75, 3.05) is 0 Å². The molecule has 0 aliphatic rings. The zero-order chi connectivity index (χ0) is 61.4. The van der Waals surface area contributed by atoms with Crippen molar-refractivity contribution in [3.05, 3.63) is 40.5 Å². The molecule has 64 radical (unpaired) electrons. The van der Waals surface area contributed by atoms with E-state index in [1.54, 1.807) is 0 Å². The molecule has 4 atom stereocenters. The van der Waals surface area contributed by atoms with Crippen molar-refractivity contribution in [3.8, 4) is 27.9 Å². The van der Waals surface area contributed by atoms with Gasteiger partial charge in [0.1, 0.15) is 220 Å². The molecule has 0 bridgehead atoms. The Bertz CT molecular complexity index is 4220. The van der Waals surface area contributed by atoms with Crippen LogP contribution in [0.3, 0.4) is 0 Å². The fraction of sp³-hybridized carbons (Fsp3) is 0.0833. The second kappa shape index (κ2) is 23.3. The first-order chi connectivity index (χ1) is 38.3. The number of rotatable bonds is 11. The maximum Gasteiger partial charge on any atom is 0.115 e. The quantitative estimate of drug-likeness (QED) is 0.0903. The van der Waals surface area contributed by atoms with Gasteiger partial charge in [-0.05, 0) is 38.8 Å². The Hall–Kier alpha value is -4.04. The molecule has 0 N–H and O–H groups in total. The Morgan fingerprint density at radius 3 is 0.927 bits per heavy atom. The van der Waals surface area contributed by atoms with Crippen LogP contribution < -0.4 is 126 Å².